The highest BCUT2D eigenvalue weighted by Gasteiger charge is 2.24. The third-order valence-corrected chi connectivity index (χ3v) is 4.72. The zero-order valence-electron chi connectivity index (χ0n) is 13.5. The molecule has 0 aliphatic heterocycles. The second-order valence-electron chi connectivity index (χ2n) is 6.27. The Bertz CT molecular complexity index is 655. The monoisotopic (exact) mass is 299 g/mol. The minimum atomic E-state index is -0.0539. The summed E-state index contributed by atoms with van der Waals surface area (Å²) in [5.41, 5.74) is 2.14. The van der Waals surface area contributed by atoms with E-state index in [-0.39, 0.29) is 17.9 Å². The van der Waals surface area contributed by atoms with Crippen LogP contribution in [0.25, 0.3) is 11.0 Å². The maximum Gasteiger partial charge on any atom is 0.223 e. The highest BCUT2D eigenvalue weighted by atomic mass is 16.1. The summed E-state index contributed by atoms with van der Waals surface area (Å²) in [4.78, 5) is 17.2. The summed E-state index contributed by atoms with van der Waals surface area (Å²) in [5, 5.41) is 3.18. The van der Waals surface area contributed by atoms with Gasteiger partial charge in [0.1, 0.15) is 5.82 Å². The van der Waals surface area contributed by atoms with Crippen LogP contribution in [-0.2, 0) is 11.3 Å². The predicted octanol–water partition coefficient (Wildman–Crippen LogP) is 3.81. The molecular formula is C18H25N3O. The van der Waals surface area contributed by atoms with Gasteiger partial charge < -0.3 is 9.88 Å². The molecule has 1 fully saturated rings. The molecule has 1 heterocycles. The predicted molar refractivity (Wildman–Crippen MR) is 88.5 cm³/mol. The van der Waals surface area contributed by atoms with Gasteiger partial charge in [0, 0.05) is 12.5 Å². The van der Waals surface area contributed by atoms with Crippen LogP contribution in [0.1, 0.15) is 57.8 Å². The van der Waals surface area contributed by atoms with Crippen molar-refractivity contribution in [3.05, 3.63) is 30.1 Å². The first-order valence-electron chi connectivity index (χ1n) is 8.46. The number of carbonyl (C=O) groups excluding carboxylic acids is 1. The fraction of sp³-hybridized carbons (Fsp3) is 0.556. The molecule has 1 aromatic carbocycles. The maximum atomic E-state index is 12.4. The molecule has 1 unspecified atom stereocenters. The van der Waals surface area contributed by atoms with Crippen molar-refractivity contribution in [2.45, 2.75) is 58.5 Å². The van der Waals surface area contributed by atoms with Gasteiger partial charge in [-0.2, -0.15) is 0 Å². The molecule has 0 spiro atoms. The summed E-state index contributed by atoms with van der Waals surface area (Å²) < 4.78 is 2.20. The number of hydrogen-bond donors (Lipinski definition) is 1. The van der Waals surface area contributed by atoms with E-state index < -0.39 is 0 Å². The van der Waals surface area contributed by atoms with Crippen LogP contribution in [0.4, 0.5) is 0 Å². The minimum Gasteiger partial charge on any atom is -0.346 e. The van der Waals surface area contributed by atoms with Crippen LogP contribution in [0.3, 0.4) is 0 Å². The Morgan fingerprint density at radius 2 is 2.05 bits per heavy atom. The van der Waals surface area contributed by atoms with Gasteiger partial charge in [0.25, 0.3) is 0 Å². The Morgan fingerprint density at radius 1 is 1.32 bits per heavy atom. The Hall–Kier alpha value is -1.84. The van der Waals surface area contributed by atoms with E-state index in [0.717, 1.165) is 36.2 Å². The topological polar surface area (TPSA) is 46.9 Å². The summed E-state index contributed by atoms with van der Waals surface area (Å²) in [7, 11) is 0. The van der Waals surface area contributed by atoms with E-state index in [2.05, 4.69) is 22.9 Å². The number of para-hydroxylation sites is 2. The van der Waals surface area contributed by atoms with Crippen LogP contribution in [0.15, 0.2) is 24.3 Å². The van der Waals surface area contributed by atoms with Gasteiger partial charge in [0.2, 0.25) is 5.91 Å². The summed E-state index contributed by atoms with van der Waals surface area (Å²) in [6.07, 6.45) is 5.69. The quantitative estimate of drug-likeness (QED) is 0.933. The van der Waals surface area contributed by atoms with Crippen LogP contribution in [0.2, 0.25) is 0 Å². The van der Waals surface area contributed by atoms with Gasteiger partial charge in [-0.05, 0) is 38.8 Å². The molecule has 1 aliphatic rings. The van der Waals surface area contributed by atoms with Crippen molar-refractivity contribution >= 4 is 16.9 Å². The number of nitrogens with one attached hydrogen (secondary N) is 1. The first kappa shape index (κ1) is 15.1. The van der Waals surface area contributed by atoms with Crippen molar-refractivity contribution in [2.24, 2.45) is 5.92 Å². The number of rotatable bonds is 4. The van der Waals surface area contributed by atoms with Gasteiger partial charge >= 0.3 is 0 Å². The first-order chi connectivity index (χ1) is 10.7. The summed E-state index contributed by atoms with van der Waals surface area (Å²) >= 11 is 0. The molecule has 1 aliphatic carbocycles. The molecule has 118 valence electrons. The number of carbonyl (C=O) groups is 1. The van der Waals surface area contributed by atoms with Crippen molar-refractivity contribution in [3.8, 4) is 0 Å². The minimum absolute atomic E-state index is 0.0539. The van der Waals surface area contributed by atoms with Crippen LogP contribution >= 0.6 is 0 Å². The third kappa shape index (κ3) is 2.87. The molecule has 1 amide bonds. The van der Waals surface area contributed by atoms with E-state index in [9.17, 15) is 4.79 Å². The van der Waals surface area contributed by atoms with Crippen molar-refractivity contribution < 1.29 is 4.79 Å². The molecule has 0 saturated heterocycles. The molecule has 0 radical (unpaired) electrons. The normalized spacial score (nSPS) is 17.5. The molecule has 0 bridgehead atoms. The highest BCUT2D eigenvalue weighted by Crippen LogP contribution is 2.25. The molecule has 4 nitrogen and oxygen atoms in total. The summed E-state index contributed by atoms with van der Waals surface area (Å²) in [6.45, 7) is 5.01. The fourth-order valence-corrected chi connectivity index (χ4v) is 3.52. The van der Waals surface area contributed by atoms with E-state index in [1.165, 1.54) is 19.3 Å². The van der Waals surface area contributed by atoms with E-state index in [1.807, 2.05) is 25.1 Å². The van der Waals surface area contributed by atoms with Gasteiger partial charge in [-0.25, -0.2) is 4.98 Å². The van der Waals surface area contributed by atoms with Crippen LogP contribution in [-0.4, -0.2) is 15.5 Å². The average molecular weight is 299 g/mol. The standard InChI is InChI=1S/C18H25N3O/c1-3-21-16-12-8-7-11-15(16)20-17(21)13(2)19-18(22)14-9-5-4-6-10-14/h7-8,11-14H,3-6,9-10H2,1-2H3,(H,19,22). The Morgan fingerprint density at radius 3 is 2.77 bits per heavy atom. The molecule has 1 atom stereocenters. The number of amides is 1. The second-order valence-corrected chi connectivity index (χ2v) is 6.27. The maximum absolute atomic E-state index is 12.4. The number of aromatic nitrogens is 2. The number of fused-ring (bicyclic) bond motifs is 1. The zero-order chi connectivity index (χ0) is 15.5. The fourth-order valence-electron chi connectivity index (χ4n) is 3.52. The Balaban J connectivity index is 1.79. The lowest BCUT2D eigenvalue weighted by Gasteiger charge is -2.23. The molecular weight excluding hydrogens is 274 g/mol. The SMILES string of the molecule is CCn1c(C(C)NC(=O)C2CCCCC2)nc2ccccc21. The molecule has 1 saturated carbocycles. The lowest BCUT2D eigenvalue weighted by atomic mass is 9.88. The van der Waals surface area contributed by atoms with E-state index in [4.69, 9.17) is 4.98 Å². The lowest BCUT2D eigenvalue weighted by molar-refractivity contribution is -0.126. The lowest BCUT2D eigenvalue weighted by Crippen LogP contribution is -2.34. The Kier molecular flexibility index (Phi) is 4.46. The van der Waals surface area contributed by atoms with Gasteiger partial charge in [-0.3, -0.25) is 4.79 Å². The van der Waals surface area contributed by atoms with Crippen molar-refractivity contribution in [1.82, 2.24) is 14.9 Å². The van der Waals surface area contributed by atoms with Crippen LogP contribution in [0.5, 0.6) is 0 Å². The number of aryl methyl sites for hydroxylation is 1. The van der Waals surface area contributed by atoms with Gasteiger partial charge in [-0.15, -0.1) is 0 Å². The summed E-state index contributed by atoms with van der Waals surface area (Å²) in [5.74, 6) is 1.34. The molecule has 2 aromatic rings. The number of benzene rings is 1. The van der Waals surface area contributed by atoms with E-state index in [1.54, 1.807) is 0 Å². The van der Waals surface area contributed by atoms with Gasteiger partial charge in [0.15, 0.2) is 0 Å². The van der Waals surface area contributed by atoms with Crippen molar-refractivity contribution in [3.63, 3.8) is 0 Å². The highest BCUT2D eigenvalue weighted by molar-refractivity contribution is 5.80. The first-order valence-corrected chi connectivity index (χ1v) is 8.46. The molecule has 22 heavy (non-hydrogen) atoms. The Labute approximate surface area is 131 Å². The average Bonchev–Trinajstić information content (AvgIpc) is 2.94. The summed E-state index contributed by atoms with van der Waals surface area (Å²) in [6, 6.07) is 8.10. The molecule has 4 heteroatoms. The van der Waals surface area contributed by atoms with E-state index in [0.29, 0.717) is 0 Å². The van der Waals surface area contributed by atoms with Crippen molar-refractivity contribution in [2.75, 3.05) is 0 Å². The van der Waals surface area contributed by atoms with Gasteiger partial charge in [-0.1, -0.05) is 31.4 Å². The number of imidazole rings is 1. The largest absolute Gasteiger partial charge is 0.346 e. The van der Waals surface area contributed by atoms with Gasteiger partial charge in [0.05, 0.1) is 17.1 Å². The molecule has 3 rings (SSSR count). The number of nitrogens with zero attached hydrogens (tertiary/aromatic N) is 2. The van der Waals surface area contributed by atoms with Crippen molar-refractivity contribution in [1.29, 1.82) is 0 Å². The smallest absolute Gasteiger partial charge is 0.223 e. The molecule has 1 N–H and O–H groups in total. The van der Waals surface area contributed by atoms with E-state index >= 15 is 0 Å². The second kappa shape index (κ2) is 6.51. The van der Waals surface area contributed by atoms with Crippen LogP contribution in [0, 0.1) is 5.92 Å². The third-order valence-electron chi connectivity index (χ3n) is 4.72. The zero-order valence-corrected chi connectivity index (χ0v) is 13.5. The number of hydrogen-bond acceptors (Lipinski definition) is 2. The molecule has 1 aromatic heterocycles. The van der Waals surface area contributed by atoms with Crippen LogP contribution < -0.4 is 5.32 Å².